The topological polar surface area (TPSA) is 79.5 Å². The number of amides is 1. The standard InChI is InChI=1S/C15H15NO4/c17-14(6-9-2-1-3-9)16-11-4-5-12-10(7-11)8-13(20-12)15(18)19/h4-5,7-9H,1-3,6H2,(H,16,17)(H,18,19). The fourth-order valence-corrected chi connectivity index (χ4v) is 2.40. The van der Waals surface area contributed by atoms with E-state index in [9.17, 15) is 9.59 Å². The lowest BCUT2D eigenvalue weighted by Gasteiger charge is -2.24. The molecular formula is C15H15NO4. The van der Waals surface area contributed by atoms with Crippen molar-refractivity contribution in [2.24, 2.45) is 5.92 Å². The molecule has 0 radical (unpaired) electrons. The second-order valence-corrected chi connectivity index (χ2v) is 5.22. The van der Waals surface area contributed by atoms with Crippen LogP contribution in [0, 0.1) is 5.92 Å². The van der Waals surface area contributed by atoms with Gasteiger partial charge in [0.05, 0.1) is 0 Å². The molecule has 3 rings (SSSR count). The lowest BCUT2D eigenvalue weighted by atomic mass is 9.83. The number of rotatable bonds is 4. The first kappa shape index (κ1) is 12.7. The monoisotopic (exact) mass is 273 g/mol. The van der Waals surface area contributed by atoms with E-state index in [0.717, 1.165) is 12.8 Å². The molecule has 1 aromatic heterocycles. The van der Waals surface area contributed by atoms with E-state index in [2.05, 4.69) is 5.32 Å². The molecule has 1 fully saturated rings. The van der Waals surface area contributed by atoms with Crippen LogP contribution in [0.4, 0.5) is 5.69 Å². The van der Waals surface area contributed by atoms with Crippen molar-refractivity contribution in [3.63, 3.8) is 0 Å². The number of hydrogen-bond donors (Lipinski definition) is 2. The van der Waals surface area contributed by atoms with Gasteiger partial charge in [-0.05, 0) is 43.0 Å². The highest BCUT2D eigenvalue weighted by Gasteiger charge is 2.20. The van der Waals surface area contributed by atoms with E-state index in [-0.39, 0.29) is 11.7 Å². The van der Waals surface area contributed by atoms with Gasteiger partial charge in [0.25, 0.3) is 0 Å². The van der Waals surface area contributed by atoms with Crippen LogP contribution in [0.1, 0.15) is 36.2 Å². The van der Waals surface area contributed by atoms with Crippen LogP contribution in [0.3, 0.4) is 0 Å². The van der Waals surface area contributed by atoms with Crippen molar-refractivity contribution in [2.75, 3.05) is 5.32 Å². The van der Waals surface area contributed by atoms with Gasteiger partial charge < -0.3 is 14.8 Å². The van der Waals surface area contributed by atoms with E-state index in [1.54, 1.807) is 18.2 Å². The molecule has 1 saturated carbocycles. The van der Waals surface area contributed by atoms with Gasteiger partial charge in [0, 0.05) is 17.5 Å². The Balaban J connectivity index is 1.74. The third-order valence-corrected chi connectivity index (χ3v) is 3.71. The fourth-order valence-electron chi connectivity index (χ4n) is 2.40. The number of fused-ring (bicyclic) bond motifs is 1. The Bertz CT molecular complexity index is 670. The molecule has 5 heteroatoms. The Morgan fingerprint density at radius 3 is 2.75 bits per heavy atom. The summed E-state index contributed by atoms with van der Waals surface area (Å²) in [6.45, 7) is 0. The van der Waals surface area contributed by atoms with Crippen molar-refractivity contribution in [1.82, 2.24) is 0 Å². The Kier molecular flexibility index (Phi) is 3.18. The van der Waals surface area contributed by atoms with E-state index < -0.39 is 5.97 Å². The van der Waals surface area contributed by atoms with E-state index in [1.807, 2.05) is 0 Å². The minimum atomic E-state index is -1.10. The molecule has 1 aliphatic carbocycles. The zero-order chi connectivity index (χ0) is 14.1. The number of benzene rings is 1. The number of furan rings is 1. The molecule has 1 heterocycles. The smallest absolute Gasteiger partial charge is 0.371 e. The summed E-state index contributed by atoms with van der Waals surface area (Å²) in [7, 11) is 0. The van der Waals surface area contributed by atoms with Crippen LogP contribution in [0.2, 0.25) is 0 Å². The third-order valence-electron chi connectivity index (χ3n) is 3.71. The number of carbonyl (C=O) groups is 2. The highest BCUT2D eigenvalue weighted by Crippen LogP contribution is 2.30. The van der Waals surface area contributed by atoms with Gasteiger partial charge >= 0.3 is 5.97 Å². The largest absolute Gasteiger partial charge is 0.475 e. The summed E-state index contributed by atoms with van der Waals surface area (Å²) in [5, 5.41) is 12.4. The Hall–Kier alpha value is -2.30. The molecule has 1 aliphatic rings. The van der Waals surface area contributed by atoms with E-state index >= 15 is 0 Å². The Labute approximate surface area is 115 Å². The molecule has 0 aliphatic heterocycles. The summed E-state index contributed by atoms with van der Waals surface area (Å²) in [6.07, 6.45) is 4.05. The molecule has 20 heavy (non-hydrogen) atoms. The van der Waals surface area contributed by atoms with Crippen LogP contribution in [-0.4, -0.2) is 17.0 Å². The summed E-state index contributed by atoms with van der Waals surface area (Å²) in [5.74, 6) is -0.669. The fraction of sp³-hybridized carbons (Fsp3) is 0.333. The van der Waals surface area contributed by atoms with Gasteiger partial charge in [-0.25, -0.2) is 4.79 Å². The summed E-state index contributed by atoms with van der Waals surface area (Å²) in [4.78, 5) is 22.7. The highest BCUT2D eigenvalue weighted by atomic mass is 16.4. The predicted molar refractivity (Wildman–Crippen MR) is 73.8 cm³/mol. The third kappa shape index (κ3) is 2.52. The number of nitrogens with one attached hydrogen (secondary N) is 1. The number of hydrogen-bond acceptors (Lipinski definition) is 3. The SMILES string of the molecule is O=C(CC1CCC1)Nc1ccc2oc(C(=O)O)cc2c1. The average molecular weight is 273 g/mol. The second kappa shape index (κ2) is 5.00. The second-order valence-electron chi connectivity index (χ2n) is 5.22. The molecular weight excluding hydrogens is 258 g/mol. The normalized spacial score (nSPS) is 15.0. The summed E-state index contributed by atoms with van der Waals surface area (Å²) < 4.78 is 5.17. The number of carboxylic acids is 1. The van der Waals surface area contributed by atoms with Gasteiger partial charge in [0.15, 0.2) is 0 Å². The molecule has 0 spiro atoms. The first-order chi connectivity index (χ1) is 9.61. The lowest BCUT2D eigenvalue weighted by Crippen LogP contribution is -2.20. The molecule has 1 amide bonds. The molecule has 5 nitrogen and oxygen atoms in total. The first-order valence-electron chi connectivity index (χ1n) is 6.68. The zero-order valence-electron chi connectivity index (χ0n) is 10.9. The lowest BCUT2D eigenvalue weighted by molar-refractivity contribution is -0.117. The van der Waals surface area contributed by atoms with Crippen LogP contribution in [0.15, 0.2) is 28.7 Å². The van der Waals surface area contributed by atoms with Crippen molar-refractivity contribution in [2.45, 2.75) is 25.7 Å². The Morgan fingerprint density at radius 1 is 1.30 bits per heavy atom. The van der Waals surface area contributed by atoms with Crippen LogP contribution in [0.25, 0.3) is 11.0 Å². The molecule has 0 atom stereocenters. The summed E-state index contributed by atoms with van der Waals surface area (Å²) in [5.41, 5.74) is 1.17. The van der Waals surface area contributed by atoms with Crippen molar-refractivity contribution < 1.29 is 19.1 Å². The van der Waals surface area contributed by atoms with E-state index in [4.69, 9.17) is 9.52 Å². The molecule has 0 saturated heterocycles. The highest BCUT2D eigenvalue weighted by molar-refractivity contribution is 5.96. The van der Waals surface area contributed by atoms with Crippen molar-refractivity contribution in [3.8, 4) is 0 Å². The average Bonchev–Trinajstić information content (AvgIpc) is 2.77. The van der Waals surface area contributed by atoms with Crippen LogP contribution in [-0.2, 0) is 4.79 Å². The molecule has 1 aromatic carbocycles. The summed E-state index contributed by atoms with van der Waals surface area (Å²) >= 11 is 0. The van der Waals surface area contributed by atoms with Gasteiger partial charge in [-0.2, -0.15) is 0 Å². The van der Waals surface area contributed by atoms with Crippen molar-refractivity contribution >= 4 is 28.5 Å². The zero-order valence-corrected chi connectivity index (χ0v) is 10.9. The number of aromatic carboxylic acids is 1. The number of anilines is 1. The maximum atomic E-state index is 11.8. The first-order valence-corrected chi connectivity index (χ1v) is 6.68. The number of carboxylic acid groups (broad SMARTS) is 1. The van der Waals surface area contributed by atoms with E-state index in [0.29, 0.717) is 29.0 Å². The molecule has 104 valence electrons. The van der Waals surface area contributed by atoms with Gasteiger partial charge in [-0.1, -0.05) is 6.42 Å². The van der Waals surface area contributed by atoms with Gasteiger partial charge in [0.1, 0.15) is 5.58 Å². The minimum absolute atomic E-state index is 0.0102. The van der Waals surface area contributed by atoms with Gasteiger partial charge in [-0.15, -0.1) is 0 Å². The Morgan fingerprint density at radius 2 is 2.10 bits per heavy atom. The molecule has 0 unspecified atom stereocenters. The van der Waals surface area contributed by atoms with Gasteiger partial charge in [0.2, 0.25) is 11.7 Å². The minimum Gasteiger partial charge on any atom is -0.475 e. The molecule has 0 bridgehead atoms. The van der Waals surface area contributed by atoms with Crippen LogP contribution < -0.4 is 5.32 Å². The van der Waals surface area contributed by atoms with Crippen LogP contribution in [0.5, 0.6) is 0 Å². The maximum Gasteiger partial charge on any atom is 0.371 e. The quantitative estimate of drug-likeness (QED) is 0.896. The van der Waals surface area contributed by atoms with Crippen molar-refractivity contribution in [1.29, 1.82) is 0 Å². The maximum absolute atomic E-state index is 11.8. The molecule has 2 N–H and O–H groups in total. The van der Waals surface area contributed by atoms with Gasteiger partial charge in [-0.3, -0.25) is 4.79 Å². The van der Waals surface area contributed by atoms with E-state index in [1.165, 1.54) is 12.5 Å². The molecule has 2 aromatic rings. The van der Waals surface area contributed by atoms with Crippen LogP contribution >= 0.6 is 0 Å². The van der Waals surface area contributed by atoms with Crippen molar-refractivity contribution in [3.05, 3.63) is 30.0 Å². The summed E-state index contributed by atoms with van der Waals surface area (Å²) in [6, 6.07) is 6.57. The predicted octanol–water partition coefficient (Wildman–Crippen LogP) is 3.26. The number of carbonyl (C=O) groups excluding carboxylic acids is 1.